The van der Waals surface area contributed by atoms with E-state index in [1.807, 2.05) is 56.0 Å². The van der Waals surface area contributed by atoms with Gasteiger partial charge in [-0.3, -0.25) is 4.79 Å². The first-order valence-electron chi connectivity index (χ1n) is 9.06. The van der Waals surface area contributed by atoms with E-state index in [4.69, 9.17) is 4.74 Å². The highest BCUT2D eigenvalue weighted by Gasteiger charge is 2.30. The average molecular weight is 346 g/mol. The Labute approximate surface area is 150 Å². The van der Waals surface area contributed by atoms with E-state index in [1.54, 1.807) is 0 Å². The number of ether oxygens (including phenoxy) is 1. The van der Waals surface area contributed by atoms with Gasteiger partial charge in [0, 0.05) is 25.6 Å². The number of nitrogens with zero attached hydrogens (tertiary/aromatic N) is 1. The van der Waals surface area contributed by atoms with Crippen LogP contribution >= 0.6 is 0 Å². The number of aryl methyl sites for hydroxylation is 1. The van der Waals surface area contributed by atoms with Crippen LogP contribution in [0, 0.1) is 5.92 Å². The van der Waals surface area contributed by atoms with Crippen molar-refractivity contribution >= 4 is 12.0 Å². The van der Waals surface area contributed by atoms with Crippen LogP contribution in [0.1, 0.15) is 46.1 Å². The Kier molecular flexibility index (Phi) is 6.45. The van der Waals surface area contributed by atoms with Gasteiger partial charge < -0.3 is 15.0 Å². The molecule has 1 heterocycles. The molecular formula is C20H30N2O3. The second kappa shape index (κ2) is 8.37. The van der Waals surface area contributed by atoms with Crippen molar-refractivity contribution in [2.24, 2.45) is 5.92 Å². The standard InChI is InChI=1S/C20H30N2O3/c1-15-14-22(18(23)11-10-16-8-6-5-7-9-16)13-12-17(15)21-19(24)25-20(2,3)4/h5-9,15,17H,10-14H2,1-4H3,(H,21,24)/t15-,17-/m1/s1. The quantitative estimate of drug-likeness (QED) is 0.909. The molecule has 0 saturated carbocycles. The Bertz CT molecular complexity index is 580. The van der Waals surface area contributed by atoms with Gasteiger partial charge >= 0.3 is 6.09 Å². The summed E-state index contributed by atoms with van der Waals surface area (Å²) in [5, 5.41) is 2.94. The number of carbonyl (C=O) groups is 2. The van der Waals surface area contributed by atoms with Gasteiger partial charge in [0.1, 0.15) is 5.60 Å². The molecule has 25 heavy (non-hydrogen) atoms. The van der Waals surface area contributed by atoms with Crippen molar-refractivity contribution in [1.29, 1.82) is 0 Å². The normalized spacial score (nSPS) is 20.9. The zero-order valence-electron chi connectivity index (χ0n) is 15.7. The van der Waals surface area contributed by atoms with E-state index in [0.717, 1.165) is 12.8 Å². The molecule has 0 unspecified atom stereocenters. The van der Waals surface area contributed by atoms with Gasteiger partial charge in [0.2, 0.25) is 5.91 Å². The summed E-state index contributed by atoms with van der Waals surface area (Å²) in [5.41, 5.74) is 0.687. The van der Waals surface area contributed by atoms with Gasteiger partial charge in [-0.15, -0.1) is 0 Å². The molecule has 1 saturated heterocycles. The van der Waals surface area contributed by atoms with Crippen molar-refractivity contribution < 1.29 is 14.3 Å². The molecule has 2 rings (SSSR count). The van der Waals surface area contributed by atoms with Crippen molar-refractivity contribution in [3.8, 4) is 0 Å². The van der Waals surface area contributed by atoms with E-state index in [-0.39, 0.29) is 24.0 Å². The zero-order valence-corrected chi connectivity index (χ0v) is 15.7. The number of nitrogens with one attached hydrogen (secondary N) is 1. The van der Waals surface area contributed by atoms with Gasteiger partial charge in [-0.25, -0.2) is 4.79 Å². The smallest absolute Gasteiger partial charge is 0.407 e. The van der Waals surface area contributed by atoms with Gasteiger partial charge in [0.15, 0.2) is 0 Å². The van der Waals surface area contributed by atoms with Crippen LogP contribution in [0.25, 0.3) is 0 Å². The minimum absolute atomic E-state index is 0.0491. The fourth-order valence-electron chi connectivity index (χ4n) is 3.10. The molecule has 0 aliphatic carbocycles. The average Bonchev–Trinajstić information content (AvgIpc) is 2.53. The highest BCUT2D eigenvalue weighted by Crippen LogP contribution is 2.19. The monoisotopic (exact) mass is 346 g/mol. The van der Waals surface area contributed by atoms with E-state index in [0.29, 0.717) is 19.5 Å². The third-order valence-corrected chi connectivity index (χ3v) is 4.43. The number of benzene rings is 1. The minimum atomic E-state index is -0.499. The van der Waals surface area contributed by atoms with Crippen LogP contribution in [-0.2, 0) is 16.0 Å². The van der Waals surface area contributed by atoms with Crippen molar-refractivity contribution in [2.75, 3.05) is 13.1 Å². The molecule has 2 amide bonds. The molecule has 0 aromatic heterocycles. The molecule has 138 valence electrons. The fraction of sp³-hybridized carbons (Fsp3) is 0.600. The molecule has 1 aliphatic rings. The lowest BCUT2D eigenvalue weighted by Gasteiger charge is -2.37. The van der Waals surface area contributed by atoms with Crippen LogP contribution in [0.15, 0.2) is 30.3 Å². The Balaban J connectivity index is 1.78. The number of rotatable bonds is 4. The van der Waals surface area contributed by atoms with Crippen molar-refractivity contribution in [3.05, 3.63) is 35.9 Å². The predicted molar refractivity (Wildman–Crippen MR) is 98.3 cm³/mol. The molecule has 1 aliphatic heterocycles. The van der Waals surface area contributed by atoms with Crippen LogP contribution in [0.4, 0.5) is 4.79 Å². The SMILES string of the molecule is C[C@@H]1CN(C(=O)CCc2ccccc2)CC[C@H]1NC(=O)OC(C)(C)C. The zero-order chi connectivity index (χ0) is 18.4. The molecular weight excluding hydrogens is 316 g/mol. The summed E-state index contributed by atoms with van der Waals surface area (Å²) >= 11 is 0. The van der Waals surface area contributed by atoms with Crippen LogP contribution < -0.4 is 5.32 Å². The summed E-state index contributed by atoms with van der Waals surface area (Å²) in [6, 6.07) is 10.1. The lowest BCUT2D eigenvalue weighted by molar-refractivity contribution is -0.133. The summed E-state index contributed by atoms with van der Waals surface area (Å²) in [4.78, 5) is 26.3. The van der Waals surface area contributed by atoms with Gasteiger partial charge in [0.25, 0.3) is 0 Å². The maximum atomic E-state index is 12.4. The van der Waals surface area contributed by atoms with Gasteiger partial charge in [-0.2, -0.15) is 0 Å². The molecule has 5 nitrogen and oxygen atoms in total. The molecule has 1 fully saturated rings. The molecule has 1 aromatic rings. The number of hydrogen-bond donors (Lipinski definition) is 1. The van der Waals surface area contributed by atoms with E-state index < -0.39 is 5.60 Å². The first kappa shape index (κ1) is 19.3. The fourth-order valence-corrected chi connectivity index (χ4v) is 3.10. The number of amides is 2. The molecule has 0 bridgehead atoms. The topological polar surface area (TPSA) is 58.6 Å². The second-order valence-electron chi connectivity index (χ2n) is 7.84. The first-order chi connectivity index (χ1) is 11.7. The predicted octanol–water partition coefficient (Wildman–Crippen LogP) is 3.38. The third kappa shape index (κ3) is 6.40. The molecule has 0 spiro atoms. The molecule has 5 heteroatoms. The number of likely N-dealkylation sites (tertiary alicyclic amines) is 1. The van der Waals surface area contributed by atoms with Crippen LogP contribution in [0.3, 0.4) is 0 Å². The maximum absolute atomic E-state index is 12.4. The van der Waals surface area contributed by atoms with Crippen molar-refractivity contribution in [2.45, 2.75) is 58.6 Å². The summed E-state index contributed by atoms with van der Waals surface area (Å²) < 4.78 is 5.32. The summed E-state index contributed by atoms with van der Waals surface area (Å²) in [7, 11) is 0. The van der Waals surface area contributed by atoms with E-state index in [9.17, 15) is 9.59 Å². The number of alkyl carbamates (subject to hydrolysis) is 1. The van der Waals surface area contributed by atoms with Crippen LogP contribution in [0.5, 0.6) is 0 Å². The van der Waals surface area contributed by atoms with Gasteiger partial charge in [-0.05, 0) is 45.1 Å². The Hall–Kier alpha value is -2.04. The maximum Gasteiger partial charge on any atom is 0.407 e. The largest absolute Gasteiger partial charge is 0.444 e. The lowest BCUT2D eigenvalue weighted by atomic mass is 9.93. The summed E-state index contributed by atoms with van der Waals surface area (Å²) in [6.07, 6.45) is 1.68. The molecule has 1 aromatic carbocycles. The number of hydrogen-bond acceptors (Lipinski definition) is 3. The van der Waals surface area contributed by atoms with Crippen molar-refractivity contribution in [1.82, 2.24) is 10.2 Å². The van der Waals surface area contributed by atoms with Crippen molar-refractivity contribution in [3.63, 3.8) is 0 Å². The third-order valence-electron chi connectivity index (χ3n) is 4.43. The summed E-state index contributed by atoms with van der Waals surface area (Å²) in [6.45, 7) is 8.98. The highest BCUT2D eigenvalue weighted by molar-refractivity contribution is 5.76. The Morgan fingerprint density at radius 2 is 1.92 bits per heavy atom. The molecule has 1 N–H and O–H groups in total. The summed E-state index contributed by atoms with van der Waals surface area (Å²) in [5.74, 6) is 0.397. The number of piperidine rings is 1. The molecule has 0 radical (unpaired) electrons. The Morgan fingerprint density at radius 1 is 1.24 bits per heavy atom. The Morgan fingerprint density at radius 3 is 2.52 bits per heavy atom. The first-order valence-corrected chi connectivity index (χ1v) is 9.06. The minimum Gasteiger partial charge on any atom is -0.444 e. The number of carbonyl (C=O) groups excluding carboxylic acids is 2. The van der Waals surface area contributed by atoms with Gasteiger partial charge in [0.05, 0.1) is 0 Å². The van der Waals surface area contributed by atoms with E-state index in [2.05, 4.69) is 12.2 Å². The van der Waals surface area contributed by atoms with Gasteiger partial charge in [-0.1, -0.05) is 37.3 Å². The highest BCUT2D eigenvalue weighted by atomic mass is 16.6. The molecule has 2 atom stereocenters. The lowest BCUT2D eigenvalue weighted by Crippen LogP contribution is -2.52. The van der Waals surface area contributed by atoms with E-state index >= 15 is 0 Å². The second-order valence-corrected chi connectivity index (χ2v) is 7.84. The van der Waals surface area contributed by atoms with Crippen LogP contribution in [-0.4, -0.2) is 41.6 Å². The van der Waals surface area contributed by atoms with Crippen LogP contribution in [0.2, 0.25) is 0 Å². The van der Waals surface area contributed by atoms with E-state index in [1.165, 1.54) is 5.56 Å².